The van der Waals surface area contributed by atoms with E-state index in [0.29, 0.717) is 31.5 Å². The van der Waals surface area contributed by atoms with Gasteiger partial charge in [-0.2, -0.15) is 5.10 Å². The van der Waals surface area contributed by atoms with Gasteiger partial charge in [-0.3, -0.25) is 14.7 Å². The smallest absolute Gasteiger partial charge is 0.257 e. The largest absolute Gasteiger partial charge is 0.353 e. The van der Waals surface area contributed by atoms with E-state index in [4.69, 9.17) is 0 Å². The molecule has 1 saturated heterocycles. The zero-order chi connectivity index (χ0) is 22.7. The third-order valence-electron chi connectivity index (χ3n) is 6.23. The number of hydrogen-bond acceptors (Lipinski definition) is 3. The van der Waals surface area contributed by atoms with E-state index in [-0.39, 0.29) is 17.9 Å². The van der Waals surface area contributed by atoms with Crippen LogP contribution in [-0.4, -0.2) is 46.0 Å². The third-order valence-corrected chi connectivity index (χ3v) is 6.23. The lowest BCUT2D eigenvalue weighted by atomic mass is 9.78. The minimum Gasteiger partial charge on any atom is -0.353 e. The molecule has 1 aliphatic rings. The number of likely N-dealkylation sites (tertiary alicyclic amines) is 1. The number of carbonyl (C=O) groups is 2. The van der Waals surface area contributed by atoms with Gasteiger partial charge in [-0.15, -0.1) is 0 Å². The zero-order valence-corrected chi connectivity index (χ0v) is 18.9. The number of amides is 2. The van der Waals surface area contributed by atoms with Crippen LogP contribution < -0.4 is 5.32 Å². The van der Waals surface area contributed by atoms with Crippen molar-refractivity contribution < 1.29 is 9.59 Å². The molecule has 2 aromatic carbocycles. The molecule has 0 radical (unpaired) electrons. The van der Waals surface area contributed by atoms with Crippen molar-refractivity contribution in [3.05, 3.63) is 77.6 Å². The predicted molar refractivity (Wildman–Crippen MR) is 125 cm³/mol. The summed E-state index contributed by atoms with van der Waals surface area (Å²) < 4.78 is 0. The second-order valence-corrected chi connectivity index (χ2v) is 8.99. The summed E-state index contributed by atoms with van der Waals surface area (Å²) in [6, 6.07) is 18.5. The number of H-pyrrole nitrogens is 1. The first kappa shape index (κ1) is 21.8. The van der Waals surface area contributed by atoms with Crippen LogP contribution in [0.2, 0.25) is 0 Å². The highest BCUT2D eigenvalue weighted by Gasteiger charge is 2.46. The molecule has 4 rings (SSSR count). The highest BCUT2D eigenvalue weighted by molar-refractivity contribution is 5.96. The maximum absolute atomic E-state index is 13.5. The molecule has 6 nitrogen and oxygen atoms in total. The fourth-order valence-electron chi connectivity index (χ4n) is 4.55. The maximum Gasteiger partial charge on any atom is 0.257 e. The molecule has 0 aliphatic carbocycles. The Hall–Kier alpha value is -3.41. The van der Waals surface area contributed by atoms with E-state index in [1.54, 1.807) is 11.1 Å². The van der Waals surface area contributed by atoms with Crippen molar-refractivity contribution >= 4 is 11.8 Å². The van der Waals surface area contributed by atoms with Crippen LogP contribution in [0.15, 0.2) is 60.8 Å². The van der Waals surface area contributed by atoms with Gasteiger partial charge >= 0.3 is 0 Å². The Morgan fingerprint density at radius 2 is 1.84 bits per heavy atom. The van der Waals surface area contributed by atoms with Crippen LogP contribution in [-0.2, 0) is 11.2 Å². The number of nitrogens with zero attached hydrogens (tertiary/aromatic N) is 2. The molecular weight excluding hydrogens is 400 g/mol. The second-order valence-electron chi connectivity index (χ2n) is 8.99. The van der Waals surface area contributed by atoms with Gasteiger partial charge < -0.3 is 10.2 Å². The van der Waals surface area contributed by atoms with Gasteiger partial charge in [0.15, 0.2) is 0 Å². The van der Waals surface area contributed by atoms with E-state index >= 15 is 0 Å². The summed E-state index contributed by atoms with van der Waals surface area (Å²) in [6.07, 6.45) is 2.76. The quantitative estimate of drug-likeness (QED) is 0.621. The van der Waals surface area contributed by atoms with Crippen molar-refractivity contribution in [3.63, 3.8) is 0 Å². The van der Waals surface area contributed by atoms with Crippen molar-refractivity contribution in [2.45, 2.75) is 39.7 Å². The summed E-state index contributed by atoms with van der Waals surface area (Å²) in [5, 5.41) is 9.93. The SMILES string of the molecule is Cc1[nH]ncc1C(=O)N1CC[C@@](Cc2ccccc2-c2ccccc2)(C(=O)NC(C)C)C1. The highest BCUT2D eigenvalue weighted by atomic mass is 16.2. The molecule has 1 fully saturated rings. The number of nitrogens with one attached hydrogen (secondary N) is 2. The van der Waals surface area contributed by atoms with E-state index < -0.39 is 5.41 Å². The van der Waals surface area contributed by atoms with Crippen molar-refractivity contribution in [3.8, 4) is 11.1 Å². The first-order chi connectivity index (χ1) is 15.4. The molecule has 0 bridgehead atoms. The van der Waals surface area contributed by atoms with Crippen LogP contribution >= 0.6 is 0 Å². The number of aromatic amines is 1. The average molecular weight is 431 g/mol. The first-order valence-corrected chi connectivity index (χ1v) is 11.1. The molecule has 1 aromatic heterocycles. The standard InChI is InChI=1S/C26H30N4O2/c1-18(2)28-25(32)26(13-14-30(17-26)24(31)23-16-27-29-19(23)3)15-21-11-7-8-12-22(21)20-9-5-4-6-10-20/h4-12,16,18H,13-15,17H2,1-3H3,(H,27,29)(H,28,32)/t26-/m0/s1. The Labute approximate surface area is 189 Å². The Balaban J connectivity index is 1.67. The molecule has 1 aliphatic heterocycles. The van der Waals surface area contributed by atoms with Crippen LogP contribution in [0.1, 0.15) is 41.9 Å². The summed E-state index contributed by atoms with van der Waals surface area (Å²) in [5.74, 6) is -0.0682. The maximum atomic E-state index is 13.5. The van der Waals surface area contributed by atoms with Gasteiger partial charge in [0.25, 0.3) is 5.91 Å². The van der Waals surface area contributed by atoms with Gasteiger partial charge in [0, 0.05) is 24.8 Å². The Kier molecular flexibility index (Phi) is 6.12. The van der Waals surface area contributed by atoms with E-state index in [1.165, 1.54) is 0 Å². The zero-order valence-electron chi connectivity index (χ0n) is 18.9. The van der Waals surface area contributed by atoms with Gasteiger partial charge in [0.2, 0.25) is 5.91 Å². The van der Waals surface area contributed by atoms with Crippen LogP contribution in [0.3, 0.4) is 0 Å². The monoisotopic (exact) mass is 430 g/mol. The fraction of sp³-hybridized carbons (Fsp3) is 0.346. The van der Waals surface area contributed by atoms with Crippen molar-refractivity contribution in [1.82, 2.24) is 20.4 Å². The van der Waals surface area contributed by atoms with Crippen molar-refractivity contribution in [2.24, 2.45) is 5.41 Å². The molecule has 0 spiro atoms. The second kappa shape index (κ2) is 8.99. The Morgan fingerprint density at radius 3 is 2.53 bits per heavy atom. The molecule has 1 atom stereocenters. The molecule has 32 heavy (non-hydrogen) atoms. The van der Waals surface area contributed by atoms with Gasteiger partial charge in [-0.25, -0.2) is 0 Å². The molecule has 3 aromatic rings. The molecule has 166 valence electrons. The predicted octanol–water partition coefficient (Wildman–Crippen LogP) is 3.98. The molecule has 0 saturated carbocycles. The lowest BCUT2D eigenvalue weighted by Crippen LogP contribution is -2.47. The molecular formula is C26H30N4O2. The minimum atomic E-state index is -0.678. The van der Waals surface area contributed by atoms with Crippen molar-refractivity contribution in [2.75, 3.05) is 13.1 Å². The third kappa shape index (κ3) is 4.31. The van der Waals surface area contributed by atoms with Gasteiger partial charge in [-0.1, -0.05) is 54.6 Å². The Morgan fingerprint density at radius 1 is 1.12 bits per heavy atom. The number of hydrogen-bond donors (Lipinski definition) is 2. The summed E-state index contributed by atoms with van der Waals surface area (Å²) in [6.45, 7) is 6.71. The van der Waals surface area contributed by atoms with Crippen LogP contribution in [0.5, 0.6) is 0 Å². The van der Waals surface area contributed by atoms with Crippen LogP contribution in [0, 0.1) is 12.3 Å². The van der Waals surface area contributed by atoms with E-state index in [2.05, 4.69) is 39.8 Å². The molecule has 6 heteroatoms. The van der Waals surface area contributed by atoms with Gasteiger partial charge in [-0.05, 0) is 50.3 Å². The summed E-state index contributed by atoms with van der Waals surface area (Å²) >= 11 is 0. The summed E-state index contributed by atoms with van der Waals surface area (Å²) in [4.78, 5) is 28.4. The van der Waals surface area contributed by atoms with E-state index in [1.807, 2.05) is 51.1 Å². The van der Waals surface area contributed by atoms with Gasteiger partial charge in [0.1, 0.15) is 0 Å². The number of carbonyl (C=O) groups excluding carboxylic acids is 2. The van der Waals surface area contributed by atoms with Crippen LogP contribution in [0.25, 0.3) is 11.1 Å². The van der Waals surface area contributed by atoms with Gasteiger partial charge in [0.05, 0.1) is 17.2 Å². The number of benzene rings is 2. The van der Waals surface area contributed by atoms with E-state index in [9.17, 15) is 9.59 Å². The Bertz CT molecular complexity index is 1110. The molecule has 2 heterocycles. The number of aryl methyl sites for hydroxylation is 1. The lowest BCUT2D eigenvalue weighted by molar-refractivity contribution is -0.130. The lowest BCUT2D eigenvalue weighted by Gasteiger charge is -2.30. The van der Waals surface area contributed by atoms with E-state index in [0.717, 1.165) is 22.4 Å². The van der Waals surface area contributed by atoms with Crippen LogP contribution in [0.4, 0.5) is 0 Å². The molecule has 0 unspecified atom stereocenters. The number of rotatable bonds is 6. The molecule has 2 N–H and O–H groups in total. The first-order valence-electron chi connectivity index (χ1n) is 11.1. The summed E-state index contributed by atoms with van der Waals surface area (Å²) in [7, 11) is 0. The minimum absolute atomic E-state index is 0.00887. The van der Waals surface area contributed by atoms with Crippen molar-refractivity contribution in [1.29, 1.82) is 0 Å². The molecule has 2 amide bonds. The number of aromatic nitrogens is 2. The topological polar surface area (TPSA) is 78.1 Å². The average Bonchev–Trinajstić information content (AvgIpc) is 3.41. The summed E-state index contributed by atoms with van der Waals surface area (Å²) in [5.41, 5.74) is 4.00. The highest BCUT2D eigenvalue weighted by Crippen LogP contribution is 2.38. The fourth-order valence-corrected chi connectivity index (χ4v) is 4.55. The normalized spacial score (nSPS) is 18.2.